The van der Waals surface area contributed by atoms with Crippen molar-refractivity contribution in [3.05, 3.63) is 30.1 Å². The van der Waals surface area contributed by atoms with Gasteiger partial charge in [-0.3, -0.25) is 4.98 Å². The van der Waals surface area contributed by atoms with E-state index in [0.717, 1.165) is 17.9 Å². The van der Waals surface area contributed by atoms with Crippen LogP contribution in [-0.2, 0) is 6.54 Å². The molecule has 0 aliphatic rings. The van der Waals surface area contributed by atoms with Crippen LogP contribution in [0.3, 0.4) is 0 Å². The number of rotatable bonds is 6. The lowest BCUT2D eigenvalue weighted by molar-refractivity contribution is 0.0846. The molecule has 0 radical (unpaired) electrons. The molecule has 0 bridgehead atoms. The summed E-state index contributed by atoms with van der Waals surface area (Å²) in [5.74, 6) is 0.743. The highest BCUT2D eigenvalue weighted by Gasteiger charge is 2.18. The van der Waals surface area contributed by atoms with Crippen LogP contribution in [-0.4, -0.2) is 34.2 Å². The van der Waals surface area contributed by atoms with E-state index in [0.29, 0.717) is 6.54 Å². The summed E-state index contributed by atoms with van der Waals surface area (Å²) in [5, 5.41) is 13.1. The lowest BCUT2D eigenvalue weighted by Crippen LogP contribution is -2.39. The fraction of sp³-hybridized carbons (Fsp3) is 0.545. The van der Waals surface area contributed by atoms with Crippen LogP contribution < -0.4 is 5.32 Å². The zero-order valence-corrected chi connectivity index (χ0v) is 10.0. The van der Waals surface area contributed by atoms with E-state index in [1.165, 1.54) is 0 Å². The van der Waals surface area contributed by atoms with Crippen LogP contribution in [0.2, 0.25) is 0 Å². The van der Waals surface area contributed by atoms with E-state index in [-0.39, 0.29) is 0 Å². The van der Waals surface area contributed by atoms with E-state index in [1.54, 1.807) is 18.0 Å². The average Bonchev–Trinajstić information content (AvgIpc) is 2.19. The maximum atomic E-state index is 9.89. The Balaban J connectivity index is 2.27. The lowest BCUT2D eigenvalue weighted by atomic mass is 10.1. The normalized spacial score (nSPS) is 14.9. The van der Waals surface area contributed by atoms with E-state index in [4.69, 9.17) is 0 Å². The molecule has 0 aliphatic carbocycles. The minimum absolute atomic E-state index is 0.600. The second kappa shape index (κ2) is 6.10. The van der Waals surface area contributed by atoms with Gasteiger partial charge in [0.15, 0.2) is 0 Å². The van der Waals surface area contributed by atoms with Crippen LogP contribution >= 0.6 is 11.8 Å². The van der Waals surface area contributed by atoms with Crippen LogP contribution in [0.1, 0.15) is 12.5 Å². The first-order valence-electron chi connectivity index (χ1n) is 4.95. The standard InChI is InChI=1S/C11H18N2OS/c1-11(14,9-15-2)8-13-7-10-4-3-5-12-6-10/h3-6,13-14H,7-9H2,1-2H3. The Morgan fingerprint density at radius 1 is 1.60 bits per heavy atom. The van der Waals surface area contributed by atoms with E-state index < -0.39 is 5.60 Å². The minimum atomic E-state index is -0.637. The van der Waals surface area contributed by atoms with Gasteiger partial charge in [-0.05, 0) is 24.8 Å². The number of thioether (sulfide) groups is 1. The molecule has 0 aromatic carbocycles. The van der Waals surface area contributed by atoms with Gasteiger partial charge < -0.3 is 10.4 Å². The van der Waals surface area contributed by atoms with Gasteiger partial charge in [-0.2, -0.15) is 11.8 Å². The Kier molecular flexibility index (Phi) is 5.08. The van der Waals surface area contributed by atoms with E-state index in [2.05, 4.69) is 10.3 Å². The van der Waals surface area contributed by atoms with E-state index in [1.807, 2.05) is 31.5 Å². The van der Waals surface area contributed by atoms with Crippen molar-refractivity contribution in [2.75, 3.05) is 18.6 Å². The molecule has 0 saturated heterocycles. The minimum Gasteiger partial charge on any atom is -0.388 e. The van der Waals surface area contributed by atoms with E-state index >= 15 is 0 Å². The number of aliphatic hydroxyl groups is 1. The lowest BCUT2D eigenvalue weighted by Gasteiger charge is -2.22. The number of nitrogens with zero attached hydrogens (tertiary/aromatic N) is 1. The van der Waals surface area contributed by atoms with Crippen molar-refractivity contribution in [1.82, 2.24) is 10.3 Å². The molecule has 84 valence electrons. The summed E-state index contributed by atoms with van der Waals surface area (Å²) in [6.45, 7) is 3.20. The molecule has 0 fully saturated rings. The van der Waals surface area contributed by atoms with Crippen LogP contribution in [0, 0.1) is 0 Å². The first-order valence-corrected chi connectivity index (χ1v) is 6.34. The molecule has 4 heteroatoms. The molecule has 1 heterocycles. The molecule has 1 aromatic rings. The molecule has 3 nitrogen and oxygen atoms in total. The molecular weight excluding hydrogens is 208 g/mol. The Morgan fingerprint density at radius 3 is 3.00 bits per heavy atom. The molecule has 0 amide bonds. The van der Waals surface area contributed by atoms with Crippen molar-refractivity contribution in [2.24, 2.45) is 0 Å². The topological polar surface area (TPSA) is 45.1 Å². The maximum absolute atomic E-state index is 9.89. The second-order valence-corrected chi connectivity index (χ2v) is 4.76. The predicted molar refractivity (Wildman–Crippen MR) is 64.9 cm³/mol. The Morgan fingerprint density at radius 2 is 2.40 bits per heavy atom. The SMILES string of the molecule is CSCC(C)(O)CNCc1cccnc1. The summed E-state index contributed by atoms with van der Waals surface area (Å²) in [6.07, 6.45) is 5.58. The molecular formula is C11H18N2OS. The Labute approximate surface area is 95.3 Å². The summed E-state index contributed by atoms with van der Waals surface area (Å²) in [6, 6.07) is 3.93. The monoisotopic (exact) mass is 226 g/mol. The Bertz CT molecular complexity index is 277. The van der Waals surface area contributed by atoms with Crippen molar-refractivity contribution in [3.63, 3.8) is 0 Å². The van der Waals surface area contributed by atoms with Gasteiger partial charge >= 0.3 is 0 Å². The number of aromatic nitrogens is 1. The second-order valence-electron chi connectivity index (χ2n) is 3.89. The van der Waals surface area contributed by atoms with Gasteiger partial charge in [0.1, 0.15) is 0 Å². The third kappa shape index (κ3) is 5.16. The van der Waals surface area contributed by atoms with Crippen LogP contribution in [0.25, 0.3) is 0 Å². The average molecular weight is 226 g/mol. The quantitative estimate of drug-likeness (QED) is 0.767. The largest absolute Gasteiger partial charge is 0.388 e. The molecule has 1 atom stereocenters. The van der Waals surface area contributed by atoms with Crippen LogP contribution in [0.5, 0.6) is 0 Å². The fourth-order valence-corrected chi connectivity index (χ4v) is 2.06. The third-order valence-electron chi connectivity index (χ3n) is 2.01. The molecule has 1 aromatic heterocycles. The number of pyridine rings is 1. The van der Waals surface area contributed by atoms with Gasteiger partial charge in [-0.25, -0.2) is 0 Å². The molecule has 15 heavy (non-hydrogen) atoms. The third-order valence-corrected chi connectivity index (χ3v) is 2.92. The highest BCUT2D eigenvalue weighted by Crippen LogP contribution is 2.09. The number of hydrogen-bond acceptors (Lipinski definition) is 4. The van der Waals surface area contributed by atoms with Crippen LogP contribution in [0.4, 0.5) is 0 Å². The zero-order chi connectivity index (χ0) is 11.1. The van der Waals surface area contributed by atoms with Gasteiger partial charge in [0, 0.05) is 31.2 Å². The molecule has 0 spiro atoms. The molecule has 1 unspecified atom stereocenters. The first kappa shape index (κ1) is 12.5. The summed E-state index contributed by atoms with van der Waals surface area (Å²) in [4.78, 5) is 4.03. The highest BCUT2D eigenvalue weighted by atomic mass is 32.2. The van der Waals surface area contributed by atoms with E-state index in [9.17, 15) is 5.11 Å². The van der Waals surface area contributed by atoms with Gasteiger partial charge in [-0.15, -0.1) is 0 Å². The van der Waals surface area contributed by atoms with Crippen molar-refractivity contribution in [1.29, 1.82) is 0 Å². The van der Waals surface area contributed by atoms with Crippen molar-refractivity contribution in [3.8, 4) is 0 Å². The van der Waals surface area contributed by atoms with Gasteiger partial charge in [-0.1, -0.05) is 6.07 Å². The van der Waals surface area contributed by atoms with Gasteiger partial charge in [0.25, 0.3) is 0 Å². The summed E-state index contributed by atoms with van der Waals surface area (Å²) in [5.41, 5.74) is 0.499. The number of hydrogen-bond donors (Lipinski definition) is 2. The molecule has 1 rings (SSSR count). The van der Waals surface area contributed by atoms with Gasteiger partial charge in [0.2, 0.25) is 0 Å². The Hall–Kier alpha value is -0.580. The summed E-state index contributed by atoms with van der Waals surface area (Å²) >= 11 is 1.65. The summed E-state index contributed by atoms with van der Waals surface area (Å²) < 4.78 is 0. The predicted octanol–water partition coefficient (Wildman–Crippen LogP) is 1.29. The van der Waals surface area contributed by atoms with Crippen molar-refractivity contribution in [2.45, 2.75) is 19.1 Å². The molecule has 0 saturated carbocycles. The smallest absolute Gasteiger partial charge is 0.0833 e. The summed E-state index contributed by atoms with van der Waals surface area (Å²) in [7, 11) is 0. The maximum Gasteiger partial charge on any atom is 0.0833 e. The van der Waals surface area contributed by atoms with Crippen LogP contribution in [0.15, 0.2) is 24.5 Å². The first-order chi connectivity index (χ1) is 7.14. The molecule has 0 aliphatic heterocycles. The van der Waals surface area contributed by atoms with Crippen molar-refractivity contribution < 1.29 is 5.11 Å². The molecule has 2 N–H and O–H groups in total. The fourth-order valence-electron chi connectivity index (χ4n) is 1.34. The number of nitrogens with one attached hydrogen (secondary N) is 1. The zero-order valence-electron chi connectivity index (χ0n) is 9.23. The van der Waals surface area contributed by atoms with Gasteiger partial charge in [0.05, 0.1) is 5.60 Å². The van der Waals surface area contributed by atoms with Crippen molar-refractivity contribution >= 4 is 11.8 Å². The highest BCUT2D eigenvalue weighted by molar-refractivity contribution is 7.98.